The number of nitrogens with one attached hydrogen (secondary N) is 1. The molecule has 3 nitrogen and oxygen atoms in total. The molecule has 0 saturated heterocycles. The number of hydrogen-bond acceptors (Lipinski definition) is 5. The highest BCUT2D eigenvalue weighted by atomic mass is 32.1. The van der Waals surface area contributed by atoms with Crippen molar-refractivity contribution in [1.29, 1.82) is 0 Å². The van der Waals surface area contributed by atoms with Crippen molar-refractivity contribution in [3.8, 4) is 0 Å². The van der Waals surface area contributed by atoms with Crippen molar-refractivity contribution in [2.24, 2.45) is 5.84 Å². The Morgan fingerprint density at radius 1 is 1.53 bits per heavy atom. The largest absolute Gasteiger partial charge is 0.271 e. The first-order valence-corrected chi connectivity index (χ1v) is 6.44. The van der Waals surface area contributed by atoms with Gasteiger partial charge in [-0.3, -0.25) is 16.3 Å². The van der Waals surface area contributed by atoms with Crippen LogP contribution in [0.5, 0.6) is 0 Å². The molecule has 0 aliphatic rings. The normalized spacial score (nSPS) is 12.9. The molecule has 1 unspecified atom stereocenters. The lowest BCUT2D eigenvalue weighted by atomic mass is 10.1. The Balaban J connectivity index is 2.15. The molecule has 2 aromatic heterocycles. The summed E-state index contributed by atoms with van der Waals surface area (Å²) >= 11 is 3.41. The Hall–Kier alpha value is -0.750. The third-order valence-corrected chi connectivity index (χ3v) is 4.24. The second kappa shape index (κ2) is 4.85. The van der Waals surface area contributed by atoms with Gasteiger partial charge >= 0.3 is 0 Å². The number of rotatable bonds is 4. The minimum atomic E-state index is 0.199. The van der Waals surface area contributed by atoms with Crippen molar-refractivity contribution in [3.05, 3.63) is 38.5 Å². The van der Waals surface area contributed by atoms with E-state index in [2.05, 4.69) is 28.8 Å². The van der Waals surface area contributed by atoms with Gasteiger partial charge in [-0.05, 0) is 23.9 Å². The molecule has 80 valence electrons. The van der Waals surface area contributed by atoms with Gasteiger partial charge in [-0.2, -0.15) is 0 Å². The van der Waals surface area contributed by atoms with Gasteiger partial charge in [0.2, 0.25) is 0 Å². The van der Waals surface area contributed by atoms with Crippen LogP contribution < -0.4 is 11.3 Å². The van der Waals surface area contributed by atoms with E-state index in [1.807, 2.05) is 11.7 Å². The van der Waals surface area contributed by atoms with E-state index in [9.17, 15) is 0 Å². The summed E-state index contributed by atoms with van der Waals surface area (Å²) in [7, 11) is 0. The lowest BCUT2D eigenvalue weighted by molar-refractivity contribution is 0.562. The molecule has 0 saturated carbocycles. The standard InChI is InChI=1S/C10H13N3S2/c1-7-2-3-14-10(7)9(13-11)4-8-5-12-6-15-8/h2-3,5-6,9,13H,4,11H2,1H3. The molecule has 2 rings (SSSR count). The summed E-state index contributed by atoms with van der Waals surface area (Å²) in [6.07, 6.45) is 2.81. The minimum absolute atomic E-state index is 0.199. The van der Waals surface area contributed by atoms with Crippen molar-refractivity contribution in [3.63, 3.8) is 0 Å². The van der Waals surface area contributed by atoms with Crippen LogP contribution in [0.25, 0.3) is 0 Å². The van der Waals surface area contributed by atoms with E-state index in [1.165, 1.54) is 15.3 Å². The SMILES string of the molecule is Cc1ccsc1C(Cc1cncs1)NN. The van der Waals surface area contributed by atoms with E-state index in [0.717, 1.165) is 6.42 Å². The van der Waals surface area contributed by atoms with Crippen LogP contribution in [0.2, 0.25) is 0 Å². The van der Waals surface area contributed by atoms with Crippen LogP contribution in [0.3, 0.4) is 0 Å². The molecule has 0 radical (unpaired) electrons. The second-order valence-corrected chi connectivity index (χ2v) is 5.28. The number of nitrogens with zero attached hydrogens (tertiary/aromatic N) is 1. The maximum absolute atomic E-state index is 5.59. The molecule has 0 aliphatic carbocycles. The number of thiophene rings is 1. The highest BCUT2D eigenvalue weighted by Gasteiger charge is 2.14. The first-order chi connectivity index (χ1) is 7.31. The summed E-state index contributed by atoms with van der Waals surface area (Å²) in [4.78, 5) is 6.63. The Morgan fingerprint density at radius 2 is 2.40 bits per heavy atom. The average Bonchev–Trinajstić information content (AvgIpc) is 2.85. The summed E-state index contributed by atoms with van der Waals surface area (Å²) in [5.74, 6) is 5.59. The average molecular weight is 239 g/mol. The van der Waals surface area contributed by atoms with Crippen molar-refractivity contribution in [1.82, 2.24) is 10.4 Å². The molecule has 0 fully saturated rings. The predicted molar refractivity (Wildman–Crippen MR) is 64.9 cm³/mol. The van der Waals surface area contributed by atoms with Crippen LogP contribution in [-0.4, -0.2) is 4.98 Å². The summed E-state index contributed by atoms with van der Waals surface area (Å²) in [5, 5.41) is 2.10. The van der Waals surface area contributed by atoms with Crippen LogP contribution in [0.4, 0.5) is 0 Å². The molecule has 3 N–H and O–H groups in total. The quantitative estimate of drug-likeness (QED) is 0.635. The molecule has 0 aromatic carbocycles. The van der Waals surface area contributed by atoms with Gasteiger partial charge in [0.05, 0.1) is 11.6 Å². The molecule has 0 amide bonds. The van der Waals surface area contributed by atoms with Gasteiger partial charge in [-0.1, -0.05) is 0 Å². The molecule has 1 atom stereocenters. The molecule has 5 heteroatoms. The lowest BCUT2D eigenvalue weighted by Gasteiger charge is -2.14. The van der Waals surface area contributed by atoms with Crippen LogP contribution >= 0.6 is 22.7 Å². The van der Waals surface area contributed by atoms with Gasteiger partial charge in [0.15, 0.2) is 0 Å². The van der Waals surface area contributed by atoms with E-state index in [1.54, 1.807) is 22.7 Å². The first-order valence-electron chi connectivity index (χ1n) is 4.68. The van der Waals surface area contributed by atoms with E-state index in [4.69, 9.17) is 5.84 Å². The van der Waals surface area contributed by atoms with Crippen molar-refractivity contribution in [2.75, 3.05) is 0 Å². The highest BCUT2D eigenvalue weighted by Crippen LogP contribution is 2.26. The minimum Gasteiger partial charge on any atom is -0.271 e. The third-order valence-electron chi connectivity index (χ3n) is 2.31. The zero-order valence-electron chi connectivity index (χ0n) is 8.43. The summed E-state index contributed by atoms with van der Waals surface area (Å²) in [5.41, 5.74) is 6.02. The van der Waals surface area contributed by atoms with E-state index >= 15 is 0 Å². The van der Waals surface area contributed by atoms with Gasteiger partial charge in [-0.25, -0.2) is 0 Å². The van der Waals surface area contributed by atoms with E-state index in [0.29, 0.717) is 0 Å². The Bertz CT molecular complexity index is 408. The maximum atomic E-state index is 5.59. The Morgan fingerprint density at radius 3 is 2.93 bits per heavy atom. The monoisotopic (exact) mass is 239 g/mol. The molecule has 2 heterocycles. The van der Waals surface area contributed by atoms with Gasteiger partial charge in [0.1, 0.15) is 0 Å². The molecule has 0 bridgehead atoms. The third kappa shape index (κ3) is 2.43. The number of hydrogen-bond donors (Lipinski definition) is 2. The number of thiazole rings is 1. The van der Waals surface area contributed by atoms with Crippen LogP contribution in [0.15, 0.2) is 23.2 Å². The maximum Gasteiger partial charge on any atom is 0.0794 e. The topological polar surface area (TPSA) is 50.9 Å². The lowest BCUT2D eigenvalue weighted by Crippen LogP contribution is -2.29. The number of hydrazine groups is 1. The fourth-order valence-corrected chi connectivity index (χ4v) is 3.14. The predicted octanol–water partition coefficient (Wildman–Crippen LogP) is 2.26. The van der Waals surface area contributed by atoms with Crippen molar-refractivity contribution < 1.29 is 0 Å². The van der Waals surface area contributed by atoms with Gasteiger partial charge in [0, 0.05) is 22.4 Å². The Kier molecular flexibility index (Phi) is 3.48. The van der Waals surface area contributed by atoms with Crippen LogP contribution in [-0.2, 0) is 6.42 Å². The van der Waals surface area contributed by atoms with Crippen LogP contribution in [0, 0.1) is 6.92 Å². The summed E-state index contributed by atoms with van der Waals surface area (Å²) < 4.78 is 0. The zero-order valence-corrected chi connectivity index (χ0v) is 10.1. The number of nitrogens with two attached hydrogens (primary N) is 1. The first kappa shape index (κ1) is 10.8. The van der Waals surface area contributed by atoms with Crippen molar-refractivity contribution in [2.45, 2.75) is 19.4 Å². The second-order valence-electron chi connectivity index (χ2n) is 3.36. The summed E-state index contributed by atoms with van der Waals surface area (Å²) in [6.45, 7) is 2.11. The molecular weight excluding hydrogens is 226 g/mol. The van der Waals surface area contributed by atoms with Crippen LogP contribution in [0.1, 0.15) is 21.4 Å². The van der Waals surface area contributed by atoms with E-state index < -0.39 is 0 Å². The van der Waals surface area contributed by atoms with E-state index in [-0.39, 0.29) is 6.04 Å². The van der Waals surface area contributed by atoms with Gasteiger partial charge in [-0.15, -0.1) is 22.7 Å². The number of aromatic nitrogens is 1. The molecule has 0 spiro atoms. The van der Waals surface area contributed by atoms with Gasteiger partial charge in [0.25, 0.3) is 0 Å². The molecule has 15 heavy (non-hydrogen) atoms. The Labute approximate surface area is 96.9 Å². The fraction of sp³-hybridized carbons (Fsp3) is 0.300. The molecular formula is C10H13N3S2. The molecule has 2 aromatic rings. The van der Waals surface area contributed by atoms with Gasteiger partial charge < -0.3 is 0 Å². The zero-order chi connectivity index (χ0) is 10.7. The smallest absolute Gasteiger partial charge is 0.0794 e. The van der Waals surface area contributed by atoms with Crippen molar-refractivity contribution >= 4 is 22.7 Å². The molecule has 0 aliphatic heterocycles. The fourth-order valence-electron chi connectivity index (χ4n) is 1.51. The number of aryl methyl sites for hydroxylation is 1. The summed E-state index contributed by atoms with van der Waals surface area (Å²) in [6, 6.07) is 2.32. The highest BCUT2D eigenvalue weighted by molar-refractivity contribution is 7.10.